The van der Waals surface area contributed by atoms with E-state index in [0.29, 0.717) is 16.9 Å². The molecule has 1 aromatic rings. The molecule has 0 fully saturated rings. The van der Waals surface area contributed by atoms with E-state index in [1.807, 2.05) is 24.3 Å². The Balaban J connectivity index is 2.52. The molecule has 0 saturated heterocycles. The molecule has 0 amide bonds. The van der Waals surface area contributed by atoms with Crippen LogP contribution in [-0.4, -0.2) is 17.7 Å². The molecule has 0 bridgehead atoms. The summed E-state index contributed by atoms with van der Waals surface area (Å²) in [6.45, 7) is 0. The van der Waals surface area contributed by atoms with Gasteiger partial charge in [0.15, 0.2) is 5.78 Å². The van der Waals surface area contributed by atoms with E-state index in [1.165, 1.54) is 0 Å². The molecular weight excluding hydrogens is 206 g/mol. The Morgan fingerprint density at radius 3 is 2.87 bits per heavy atom. The van der Waals surface area contributed by atoms with Gasteiger partial charge in [-0.3, -0.25) is 4.79 Å². The van der Waals surface area contributed by atoms with Crippen LogP contribution >= 0.6 is 12.2 Å². The number of thiocarbonyl (C=S) groups is 1. The fourth-order valence-corrected chi connectivity index (χ4v) is 2.10. The highest BCUT2D eigenvalue weighted by atomic mass is 32.1. The number of fused-ring (bicyclic) bond motifs is 1. The quantitative estimate of drug-likeness (QED) is 0.572. The van der Waals surface area contributed by atoms with Crippen LogP contribution in [-0.2, 0) is 11.2 Å². The molecule has 0 heterocycles. The van der Waals surface area contributed by atoms with Crippen molar-refractivity contribution in [2.24, 2.45) is 0 Å². The van der Waals surface area contributed by atoms with Crippen LogP contribution in [0.15, 0.2) is 36.0 Å². The number of hydrogen-bond donors (Lipinski definition) is 1. The molecule has 0 spiro atoms. The molecular formula is C12H11NOS. The molecule has 3 heteroatoms. The van der Waals surface area contributed by atoms with Crippen LogP contribution < -0.4 is 5.32 Å². The van der Waals surface area contributed by atoms with Gasteiger partial charge < -0.3 is 5.32 Å². The molecule has 0 saturated carbocycles. The first-order valence-corrected chi connectivity index (χ1v) is 5.18. The fraction of sp³-hybridized carbons (Fsp3) is 0.167. The van der Waals surface area contributed by atoms with Gasteiger partial charge in [0, 0.05) is 19.7 Å². The second kappa shape index (κ2) is 3.95. The molecule has 0 unspecified atom stereocenters. The lowest BCUT2D eigenvalue weighted by molar-refractivity contribution is -0.114. The van der Waals surface area contributed by atoms with Crippen molar-refractivity contribution in [3.63, 3.8) is 0 Å². The zero-order chi connectivity index (χ0) is 10.8. The number of rotatable bonds is 1. The van der Waals surface area contributed by atoms with E-state index in [9.17, 15) is 4.79 Å². The van der Waals surface area contributed by atoms with Crippen LogP contribution in [0.1, 0.15) is 11.1 Å². The van der Waals surface area contributed by atoms with E-state index in [1.54, 1.807) is 13.2 Å². The molecule has 1 aliphatic carbocycles. The highest BCUT2D eigenvalue weighted by Crippen LogP contribution is 2.22. The number of ketones is 1. The molecule has 1 aliphatic rings. The third-order valence-electron chi connectivity index (χ3n) is 2.45. The smallest absolute Gasteiger partial charge is 0.170 e. The van der Waals surface area contributed by atoms with Gasteiger partial charge in [-0.15, -0.1) is 0 Å². The topological polar surface area (TPSA) is 29.1 Å². The van der Waals surface area contributed by atoms with E-state index < -0.39 is 0 Å². The maximum absolute atomic E-state index is 11.8. The summed E-state index contributed by atoms with van der Waals surface area (Å²) in [5, 5.41) is 2.86. The van der Waals surface area contributed by atoms with E-state index in [4.69, 9.17) is 12.2 Å². The van der Waals surface area contributed by atoms with Crippen molar-refractivity contribution in [3.8, 4) is 0 Å². The molecule has 0 atom stereocenters. The SMILES string of the molecule is CN/C=C1/C(=O)Cc2ccccc2C1=S. The Morgan fingerprint density at radius 1 is 1.40 bits per heavy atom. The zero-order valence-electron chi connectivity index (χ0n) is 8.41. The van der Waals surface area contributed by atoms with Crippen molar-refractivity contribution in [2.45, 2.75) is 6.42 Å². The molecule has 15 heavy (non-hydrogen) atoms. The predicted molar refractivity (Wildman–Crippen MR) is 64.0 cm³/mol. The molecule has 0 aliphatic heterocycles. The van der Waals surface area contributed by atoms with Crippen molar-refractivity contribution in [1.82, 2.24) is 5.32 Å². The Kier molecular flexibility index (Phi) is 2.64. The third kappa shape index (κ3) is 1.70. The maximum Gasteiger partial charge on any atom is 0.170 e. The van der Waals surface area contributed by atoms with E-state index >= 15 is 0 Å². The van der Waals surface area contributed by atoms with Crippen LogP contribution in [0.3, 0.4) is 0 Å². The van der Waals surface area contributed by atoms with Crippen LogP contribution in [0.25, 0.3) is 0 Å². The van der Waals surface area contributed by atoms with Gasteiger partial charge >= 0.3 is 0 Å². The minimum atomic E-state index is 0.0908. The molecule has 76 valence electrons. The summed E-state index contributed by atoms with van der Waals surface area (Å²) in [6.07, 6.45) is 2.13. The average Bonchev–Trinajstić information content (AvgIpc) is 2.24. The summed E-state index contributed by atoms with van der Waals surface area (Å²) in [6, 6.07) is 7.79. The Bertz CT molecular complexity index is 462. The first-order chi connectivity index (χ1) is 7.24. The number of benzene rings is 1. The molecule has 1 N–H and O–H groups in total. The van der Waals surface area contributed by atoms with Crippen LogP contribution in [0, 0.1) is 0 Å². The summed E-state index contributed by atoms with van der Waals surface area (Å²) in [5.74, 6) is 0.0908. The van der Waals surface area contributed by atoms with Crippen LogP contribution in [0.2, 0.25) is 0 Å². The van der Waals surface area contributed by atoms with Gasteiger partial charge in [0.2, 0.25) is 0 Å². The minimum Gasteiger partial charge on any atom is -0.393 e. The summed E-state index contributed by atoms with van der Waals surface area (Å²) in [5.41, 5.74) is 2.65. The van der Waals surface area contributed by atoms with Crippen LogP contribution in [0.4, 0.5) is 0 Å². The van der Waals surface area contributed by atoms with E-state index in [0.717, 1.165) is 11.1 Å². The van der Waals surface area contributed by atoms with Gasteiger partial charge in [0.1, 0.15) is 0 Å². The first-order valence-electron chi connectivity index (χ1n) is 4.77. The van der Waals surface area contributed by atoms with Crippen molar-refractivity contribution in [3.05, 3.63) is 47.2 Å². The maximum atomic E-state index is 11.8. The van der Waals surface area contributed by atoms with Crippen LogP contribution in [0.5, 0.6) is 0 Å². The van der Waals surface area contributed by atoms with Gasteiger partial charge in [0.25, 0.3) is 0 Å². The van der Waals surface area contributed by atoms with Crippen molar-refractivity contribution < 1.29 is 4.79 Å². The number of allylic oxidation sites excluding steroid dienone is 1. The van der Waals surface area contributed by atoms with Gasteiger partial charge in [-0.1, -0.05) is 36.5 Å². The number of Topliss-reactive ketones (excluding diaryl/α,β-unsaturated/α-hetero) is 1. The fourth-order valence-electron chi connectivity index (χ4n) is 1.73. The highest BCUT2D eigenvalue weighted by molar-refractivity contribution is 7.81. The van der Waals surface area contributed by atoms with Gasteiger partial charge in [0.05, 0.1) is 10.4 Å². The zero-order valence-corrected chi connectivity index (χ0v) is 9.23. The largest absolute Gasteiger partial charge is 0.393 e. The van der Waals surface area contributed by atoms with Gasteiger partial charge in [-0.2, -0.15) is 0 Å². The summed E-state index contributed by atoms with van der Waals surface area (Å²) in [7, 11) is 1.77. The highest BCUT2D eigenvalue weighted by Gasteiger charge is 2.24. The Morgan fingerprint density at radius 2 is 2.13 bits per heavy atom. The lowest BCUT2D eigenvalue weighted by Crippen LogP contribution is -2.23. The van der Waals surface area contributed by atoms with E-state index in [2.05, 4.69) is 5.32 Å². The van der Waals surface area contributed by atoms with Crippen molar-refractivity contribution in [1.29, 1.82) is 0 Å². The standard InChI is InChI=1S/C12H11NOS/c1-13-7-10-11(14)6-8-4-2-3-5-9(8)12(10)15/h2-5,7,13H,6H2,1H3/b10-7-. The molecule has 0 radical (unpaired) electrons. The Hall–Kier alpha value is -1.48. The first kappa shape index (κ1) is 10.1. The summed E-state index contributed by atoms with van der Waals surface area (Å²) < 4.78 is 0. The second-order valence-corrected chi connectivity index (χ2v) is 3.84. The Labute approximate surface area is 94.0 Å². The molecule has 2 rings (SSSR count). The number of carbonyl (C=O) groups excluding carboxylic acids is 1. The monoisotopic (exact) mass is 217 g/mol. The molecule has 2 nitrogen and oxygen atoms in total. The molecule has 0 aromatic heterocycles. The third-order valence-corrected chi connectivity index (χ3v) is 2.89. The number of nitrogens with one attached hydrogen (secondary N) is 1. The summed E-state index contributed by atoms with van der Waals surface area (Å²) in [4.78, 5) is 12.4. The normalized spacial score (nSPS) is 17.8. The lowest BCUT2D eigenvalue weighted by atomic mass is 9.87. The predicted octanol–water partition coefficient (Wildman–Crippen LogP) is 1.63. The minimum absolute atomic E-state index is 0.0908. The van der Waals surface area contributed by atoms with E-state index in [-0.39, 0.29) is 5.78 Å². The van der Waals surface area contributed by atoms with Crippen molar-refractivity contribution >= 4 is 22.9 Å². The lowest BCUT2D eigenvalue weighted by Gasteiger charge is -2.18. The van der Waals surface area contributed by atoms with Crippen molar-refractivity contribution in [2.75, 3.05) is 7.05 Å². The summed E-state index contributed by atoms with van der Waals surface area (Å²) >= 11 is 5.30. The van der Waals surface area contributed by atoms with Gasteiger partial charge in [-0.05, 0) is 11.1 Å². The average molecular weight is 217 g/mol. The number of hydrogen-bond acceptors (Lipinski definition) is 3. The second-order valence-electron chi connectivity index (χ2n) is 3.43. The number of carbonyl (C=O) groups is 1. The van der Waals surface area contributed by atoms with Gasteiger partial charge in [-0.25, -0.2) is 0 Å². The molecule has 1 aromatic carbocycles.